The van der Waals surface area contributed by atoms with E-state index in [0.29, 0.717) is 18.1 Å². The first-order chi connectivity index (χ1) is 12.6. The molecule has 0 aliphatic carbocycles. The van der Waals surface area contributed by atoms with Crippen LogP contribution in [-0.2, 0) is 6.54 Å². The molecule has 2 aliphatic heterocycles. The van der Waals surface area contributed by atoms with E-state index < -0.39 is 0 Å². The molecule has 26 heavy (non-hydrogen) atoms. The number of ether oxygens (including phenoxy) is 1. The third kappa shape index (κ3) is 4.32. The number of urea groups is 1. The number of hydrogen-bond donors (Lipinski definition) is 2. The molecular formula is C21H34N3O2+. The maximum Gasteiger partial charge on any atom is 0.317 e. The van der Waals surface area contributed by atoms with Crippen LogP contribution in [0.15, 0.2) is 24.3 Å². The van der Waals surface area contributed by atoms with E-state index in [0.717, 1.165) is 38.2 Å². The van der Waals surface area contributed by atoms with Gasteiger partial charge in [-0.1, -0.05) is 0 Å². The van der Waals surface area contributed by atoms with Gasteiger partial charge in [-0.25, -0.2) is 4.79 Å². The second-order valence-electron chi connectivity index (χ2n) is 7.71. The van der Waals surface area contributed by atoms with E-state index in [-0.39, 0.29) is 6.03 Å². The van der Waals surface area contributed by atoms with Gasteiger partial charge >= 0.3 is 6.03 Å². The number of amides is 2. The molecule has 2 unspecified atom stereocenters. The molecule has 2 amide bonds. The fourth-order valence-corrected chi connectivity index (χ4v) is 4.80. The molecule has 3 rings (SSSR count). The van der Waals surface area contributed by atoms with Crippen LogP contribution in [0.5, 0.6) is 5.75 Å². The summed E-state index contributed by atoms with van der Waals surface area (Å²) in [5.41, 5.74) is 1.38. The lowest BCUT2D eigenvalue weighted by molar-refractivity contribution is -0.973. The van der Waals surface area contributed by atoms with Gasteiger partial charge in [0.2, 0.25) is 0 Å². The van der Waals surface area contributed by atoms with E-state index in [1.165, 1.54) is 24.8 Å². The first-order valence-electron chi connectivity index (χ1n) is 10.2. The predicted molar refractivity (Wildman–Crippen MR) is 104 cm³/mol. The van der Waals surface area contributed by atoms with Crippen molar-refractivity contribution in [3.8, 4) is 5.75 Å². The molecule has 0 spiro atoms. The molecule has 2 saturated heterocycles. The number of benzene rings is 1. The number of piperidine rings is 2. The highest BCUT2D eigenvalue weighted by molar-refractivity contribution is 5.74. The molecule has 5 nitrogen and oxygen atoms in total. The predicted octanol–water partition coefficient (Wildman–Crippen LogP) is 2.22. The number of nitrogens with zero attached hydrogens (tertiary/aromatic N) is 1. The van der Waals surface area contributed by atoms with Crippen LogP contribution in [0.4, 0.5) is 4.79 Å². The van der Waals surface area contributed by atoms with Crippen molar-refractivity contribution < 1.29 is 14.4 Å². The Morgan fingerprint density at radius 1 is 1.15 bits per heavy atom. The Bertz CT molecular complexity index is 571. The third-order valence-corrected chi connectivity index (χ3v) is 6.24. The minimum absolute atomic E-state index is 0.108. The van der Waals surface area contributed by atoms with Crippen LogP contribution >= 0.6 is 0 Å². The van der Waals surface area contributed by atoms with E-state index in [2.05, 4.69) is 29.6 Å². The van der Waals surface area contributed by atoms with Crippen LogP contribution in [0.25, 0.3) is 0 Å². The zero-order chi connectivity index (χ0) is 18.5. The molecule has 0 aromatic heterocycles. The second-order valence-corrected chi connectivity index (χ2v) is 7.71. The molecule has 2 fully saturated rings. The second kappa shape index (κ2) is 8.76. The van der Waals surface area contributed by atoms with Crippen molar-refractivity contribution in [1.82, 2.24) is 10.2 Å². The molecule has 2 bridgehead atoms. The van der Waals surface area contributed by atoms with E-state index in [1.807, 2.05) is 18.7 Å². The first-order valence-corrected chi connectivity index (χ1v) is 10.2. The van der Waals surface area contributed by atoms with Gasteiger partial charge in [-0.3, -0.25) is 0 Å². The first kappa shape index (κ1) is 19.0. The van der Waals surface area contributed by atoms with Crippen LogP contribution in [0.3, 0.4) is 0 Å². The van der Waals surface area contributed by atoms with Gasteiger partial charge in [0, 0.05) is 37.5 Å². The quantitative estimate of drug-likeness (QED) is 0.817. The Labute approximate surface area is 157 Å². The zero-order valence-corrected chi connectivity index (χ0v) is 16.5. The molecule has 0 saturated carbocycles. The molecule has 1 aromatic rings. The minimum Gasteiger partial charge on any atom is -0.497 e. The zero-order valence-electron chi connectivity index (χ0n) is 16.5. The van der Waals surface area contributed by atoms with Crippen molar-refractivity contribution in [2.45, 2.75) is 70.6 Å². The van der Waals surface area contributed by atoms with Crippen molar-refractivity contribution in [2.24, 2.45) is 0 Å². The molecule has 4 atom stereocenters. The monoisotopic (exact) mass is 360 g/mol. The lowest BCUT2D eigenvalue weighted by Gasteiger charge is -2.46. The SMILES string of the molecule is CCN(CC)C(=O)NC1C[C@H]2CCC[C@@H](C1)[NH+]2Cc1ccc(OC)cc1. The summed E-state index contributed by atoms with van der Waals surface area (Å²) in [6.45, 7) is 6.71. The largest absolute Gasteiger partial charge is 0.497 e. The summed E-state index contributed by atoms with van der Waals surface area (Å²) in [7, 11) is 1.71. The Morgan fingerprint density at radius 2 is 1.77 bits per heavy atom. The maximum absolute atomic E-state index is 12.4. The van der Waals surface area contributed by atoms with E-state index in [1.54, 1.807) is 12.0 Å². The fraction of sp³-hybridized carbons (Fsp3) is 0.667. The van der Waals surface area contributed by atoms with Crippen molar-refractivity contribution in [3.63, 3.8) is 0 Å². The summed E-state index contributed by atoms with van der Waals surface area (Å²) >= 11 is 0. The van der Waals surface area contributed by atoms with Gasteiger partial charge < -0.3 is 19.9 Å². The summed E-state index contributed by atoms with van der Waals surface area (Å²) < 4.78 is 5.27. The minimum atomic E-state index is 0.108. The average Bonchev–Trinajstić information content (AvgIpc) is 2.64. The van der Waals surface area contributed by atoms with E-state index in [9.17, 15) is 4.79 Å². The summed E-state index contributed by atoms with van der Waals surface area (Å²) in [6.07, 6.45) is 6.10. The molecule has 2 heterocycles. The molecule has 144 valence electrons. The standard InChI is InChI=1S/C21H33N3O2/c1-4-23(5-2)21(25)22-17-13-18-7-6-8-19(14-17)24(18)15-16-9-11-20(26-3)12-10-16/h9-12,17-19H,4-8,13-15H2,1-3H3,(H,22,25)/p+1/t17?,18-,19+. The van der Waals surface area contributed by atoms with Gasteiger partial charge in [-0.2, -0.15) is 0 Å². The molecular weight excluding hydrogens is 326 g/mol. The van der Waals surface area contributed by atoms with Gasteiger partial charge in [-0.15, -0.1) is 0 Å². The number of quaternary nitrogens is 1. The number of carbonyl (C=O) groups is 1. The normalized spacial score (nSPS) is 27.7. The molecule has 2 N–H and O–H groups in total. The van der Waals surface area contributed by atoms with Crippen LogP contribution in [0, 0.1) is 0 Å². The van der Waals surface area contributed by atoms with Crippen LogP contribution in [0.2, 0.25) is 0 Å². The molecule has 2 aliphatic rings. The summed E-state index contributed by atoms with van der Waals surface area (Å²) in [4.78, 5) is 16.0. The van der Waals surface area contributed by atoms with Crippen molar-refractivity contribution >= 4 is 6.03 Å². The smallest absolute Gasteiger partial charge is 0.317 e. The highest BCUT2D eigenvalue weighted by Crippen LogP contribution is 2.23. The highest BCUT2D eigenvalue weighted by atomic mass is 16.5. The number of nitrogens with one attached hydrogen (secondary N) is 2. The summed E-state index contributed by atoms with van der Waals surface area (Å²) in [5.74, 6) is 0.918. The van der Waals surface area contributed by atoms with Crippen molar-refractivity contribution in [1.29, 1.82) is 0 Å². The Morgan fingerprint density at radius 3 is 2.31 bits per heavy atom. The number of fused-ring (bicyclic) bond motifs is 2. The van der Waals surface area contributed by atoms with Gasteiger partial charge in [0.15, 0.2) is 0 Å². The average molecular weight is 361 g/mol. The molecule has 5 heteroatoms. The van der Waals surface area contributed by atoms with E-state index in [4.69, 9.17) is 4.74 Å². The summed E-state index contributed by atoms with van der Waals surface area (Å²) in [5, 5.41) is 3.31. The number of hydrogen-bond acceptors (Lipinski definition) is 2. The Hall–Kier alpha value is -1.75. The lowest BCUT2D eigenvalue weighted by Crippen LogP contribution is -3.20. The highest BCUT2D eigenvalue weighted by Gasteiger charge is 2.42. The van der Waals surface area contributed by atoms with Gasteiger partial charge in [0.1, 0.15) is 12.3 Å². The fourth-order valence-electron chi connectivity index (χ4n) is 4.80. The van der Waals surface area contributed by atoms with Crippen LogP contribution in [0.1, 0.15) is 51.5 Å². The van der Waals surface area contributed by atoms with E-state index >= 15 is 0 Å². The Kier molecular flexibility index (Phi) is 6.41. The van der Waals surface area contributed by atoms with Gasteiger partial charge in [0.25, 0.3) is 0 Å². The Balaban J connectivity index is 1.61. The molecule has 1 aromatic carbocycles. The van der Waals surface area contributed by atoms with Gasteiger partial charge in [-0.05, 0) is 57.4 Å². The summed E-state index contributed by atoms with van der Waals surface area (Å²) in [6, 6.07) is 10.3. The number of carbonyl (C=O) groups excluding carboxylic acids is 1. The lowest BCUT2D eigenvalue weighted by atomic mass is 9.81. The topological polar surface area (TPSA) is 46.0 Å². The molecule has 0 radical (unpaired) electrons. The van der Waals surface area contributed by atoms with Crippen LogP contribution < -0.4 is 15.0 Å². The van der Waals surface area contributed by atoms with Gasteiger partial charge in [0.05, 0.1) is 19.2 Å². The van der Waals surface area contributed by atoms with Crippen molar-refractivity contribution in [3.05, 3.63) is 29.8 Å². The van der Waals surface area contributed by atoms with Crippen LogP contribution in [-0.4, -0.2) is 49.3 Å². The third-order valence-electron chi connectivity index (χ3n) is 6.24. The maximum atomic E-state index is 12.4. The number of methoxy groups -OCH3 is 1. The number of rotatable bonds is 6. The van der Waals surface area contributed by atoms with Crippen molar-refractivity contribution in [2.75, 3.05) is 20.2 Å².